The summed E-state index contributed by atoms with van der Waals surface area (Å²) >= 11 is 0. The number of allylic oxidation sites excluding steroid dienone is 3. The fraction of sp³-hybridized carbons (Fsp3) is 0.115. The molecule has 1 aliphatic carbocycles. The van der Waals surface area contributed by atoms with Crippen LogP contribution in [0.4, 0.5) is 0 Å². The van der Waals surface area contributed by atoms with Crippen LogP contribution >= 0.6 is 0 Å². The van der Waals surface area contributed by atoms with Gasteiger partial charge in [0.05, 0.1) is 29.2 Å². The maximum absolute atomic E-state index is 6.88. The summed E-state index contributed by atoms with van der Waals surface area (Å²) in [5, 5.41) is 1.09. The lowest BCUT2D eigenvalue weighted by atomic mass is 9.78. The van der Waals surface area contributed by atoms with E-state index in [-0.39, 0.29) is 4.59 Å². The number of hydrogen-bond donors (Lipinski definition) is 1. The molecule has 0 bridgehead atoms. The average molecular weight is 404 g/mol. The number of fused-ring (bicyclic) bond motifs is 2. The smallest absolute Gasteiger partial charge is 0.253 e. The molecular weight excluding hydrogens is 382 g/mol. The number of aliphatic imine (C=N–C) groups is 2. The molecule has 3 aromatic rings. The van der Waals surface area contributed by atoms with E-state index in [9.17, 15) is 0 Å². The molecule has 0 saturated heterocycles. The van der Waals surface area contributed by atoms with Crippen molar-refractivity contribution in [2.75, 3.05) is 0 Å². The second kappa shape index (κ2) is 6.67. The summed E-state index contributed by atoms with van der Waals surface area (Å²) in [7, 11) is 0. The van der Waals surface area contributed by atoms with Crippen LogP contribution in [0.25, 0.3) is 22.2 Å². The zero-order valence-electron chi connectivity index (χ0n) is 17.1. The van der Waals surface area contributed by atoms with Crippen molar-refractivity contribution in [2.24, 2.45) is 21.7 Å². The highest BCUT2D eigenvalue weighted by Crippen LogP contribution is 2.44. The Labute approximate surface area is 180 Å². The van der Waals surface area contributed by atoms with Crippen molar-refractivity contribution in [1.29, 1.82) is 0 Å². The van der Waals surface area contributed by atoms with Gasteiger partial charge in [-0.25, -0.2) is 4.98 Å². The van der Waals surface area contributed by atoms with Gasteiger partial charge in [0.15, 0.2) is 0 Å². The molecule has 2 N–H and O–H groups in total. The van der Waals surface area contributed by atoms with Gasteiger partial charge >= 0.3 is 0 Å². The van der Waals surface area contributed by atoms with E-state index in [4.69, 9.17) is 15.8 Å². The van der Waals surface area contributed by atoms with E-state index in [1.165, 1.54) is 5.57 Å². The van der Waals surface area contributed by atoms with E-state index >= 15 is 0 Å². The monoisotopic (exact) mass is 404 g/mol. The molecule has 3 heterocycles. The Morgan fingerprint density at radius 2 is 1.77 bits per heavy atom. The zero-order valence-corrected chi connectivity index (χ0v) is 17.1. The molecule has 0 spiro atoms. The van der Waals surface area contributed by atoms with Crippen molar-refractivity contribution < 1.29 is 4.59 Å². The van der Waals surface area contributed by atoms with Gasteiger partial charge in [0.25, 0.3) is 5.84 Å². The average Bonchev–Trinajstić information content (AvgIpc) is 3.09. The number of hydrogen-bond acceptors (Lipinski definition) is 4. The molecule has 150 valence electrons. The Bertz CT molecular complexity index is 1360. The quantitative estimate of drug-likeness (QED) is 0.376. The lowest BCUT2D eigenvalue weighted by molar-refractivity contribution is -0.750. The van der Waals surface area contributed by atoms with E-state index in [2.05, 4.69) is 54.0 Å². The number of nitrogens with two attached hydrogens (primary N) is 1. The molecule has 1 unspecified atom stereocenters. The summed E-state index contributed by atoms with van der Waals surface area (Å²) in [5.74, 6) is 8.04. The first-order valence-electron chi connectivity index (χ1n) is 10.5. The summed E-state index contributed by atoms with van der Waals surface area (Å²) in [6.07, 6.45) is 7.42. The van der Waals surface area contributed by atoms with Gasteiger partial charge in [-0.2, -0.15) is 10.8 Å². The van der Waals surface area contributed by atoms with E-state index in [1.54, 1.807) is 6.20 Å². The molecule has 31 heavy (non-hydrogen) atoms. The third kappa shape index (κ3) is 2.82. The largest absolute Gasteiger partial charge is 0.264 e. The molecule has 6 rings (SSSR count). The van der Waals surface area contributed by atoms with Crippen LogP contribution in [0.1, 0.15) is 18.4 Å². The van der Waals surface area contributed by atoms with Crippen LogP contribution in [0.2, 0.25) is 0 Å². The number of amidine groups is 1. The molecule has 5 nitrogen and oxygen atoms in total. The third-order valence-electron chi connectivity index (χ3n) is 6.30. The summed E-state index contributed by atoms with van der Waals surface area (Å²) in [5.41, 5.74) is 7.19. The van der Waals surface area contributed by atoms with Crippen molar-refractivity contribution in [3.05, 3.63) is 102 Å². The normalized spacial score (nSPS) is 22.6. The van der Waals surface area contributed by atoms with Gasteiger partial charge in [-0.15, -0.1) is 4.59 Å². The highest BCUT2D eigenvalue weighted by atomic mass is 15.6. The number of rotatable bonds is 3. The van der Waals surface area contributed by atoms with Crippen LogP contribution in [-0.4, -0.2) is 21.6 Å². The molecule has 1 aromatic heterocycles. The van der Waals surface area contributed by atoms with Crippen LogP contribution < -0.4 is 5.84 Å². The number of aromatic nitrogens is 1. The van der Waals surface area contributed by atoms with E-state index in [0.717, 1.165) is 57.8 Å². The molecule has 1 fully saturated rings. The Balaban J connectivity index is 1.45. The van der Waals surface area contributed by atoms with Gasteiger partial charge < -0.3 is 0 Å². The van der Waals surface area contributed by atoms with Gasteiger partial charge in [0.2, 0.25) is 5.70 Å². The third-order valence-corrected chi connectivity index (χ3v) is 6.30. The highest BCUT2D eigenvalue weighted by molar-refractivity contribution is 6.02. The first kappa shape index (κ1) is 18.1. The number of nitrogens with zero attached hydrogens (tertiary/aromatic N) is 4. The van der Waals surface area contributed by atoms with Crippen LogP contribution in [0, 0.1) is 5.92 Å². The topological polar surface area (TPSA) is 63.6 Å². The van der Waals surface area contributed by atoms with Crippen molar-refractivity contribution in [3.63, 3.8) is 0 Å². The first-order valence-corrected chi connectivity index (χ1v) is 10.5. The maximum Gasteiger partial charge on any atom is 0.264 e. The van der Waals surface area contributed by atoms with Crippen LogP contribution in [-0.2, 0) is 0 Å². The Hall–Kier alpha value is -3.67. The summed E-state index contributed by atoms with van der Waals surface area (Å²) in [4.78, 5) is 14.3. The minimum atomic E-state index is 0.0473. The van der Waals surface area contributed by atoms with Crippen molar-refractivity contribution in [2.45, 2.75) is 12.8 Å². The molecule has 0 amide bonds. The minimum Gasteiger partial charge on any atom is -0.253 e. The minimum absolute atomic E-state index is 0.0473. The fourth-order valence-corrected chi connectivity index (χ4v) is 4.56. The molecule has 1 atom stereocenters. The Kier molecular flexibility index (Phi) is 3.90. The van der Waals surface area contributed by atoms with Gasteiger partial charge in [0, 0.05) is 16.9 Å². The summed E-state index contributed by atoms with van der Waals surface area (Å²) in [6, 6.07) is 20.7. The van der Waals surface area contributed by atoms with Gasteiger partial charge in [-0.05, 0) is 31.0 Å². The first-order chi connectivity index (χ1) is 15.1. The standard InChI is InChI=1S/C26H22N5/c1-17-13-21(14-17)25-24-16-28-11-12-31(24,27)26(30-25)20-8-7-19-9-10-22(29-23(19)15-20)18-5-3-2-4-6-18/h2-12,15-16,21H,1,13-14,27H2/q+1. The van der Waals surface area contributed by atoms with Crippen LogP contribution in [0.15, 0.2) is 107 Å². The second-order valence-electron chi connectivity index (χ2n) is 8.38. The van der Waals surface area contributed by atoms with Crippen LogP contribution in [0.5, 0.6) is 0 Å². The predicted molar refractivity (Wildman–Crippen MR) is 125 cm³/mol. The van der Waals surface area contributed by atoms with Gasteiger partial charge in [-0.1, -0.05) is 54.6 Å². The molecule has 2 aliphatic heterocycles. The van der Waals surface area contributed by atoms with Gasteiger partial charge in [-0.3, -0.25) is 4.99 Å². The molecule has 3 aliphatic rings. The zero-order chi connectivity index (χ0) is 21.0. The molecular formula is C26H22N5+. The summed E-state index contributed by atoms with van der Waals surface area (Å²) < 4.78 is 0.0473. The predicted octanol–water partition coefficient (Wildman–Crippen LogP) is 5.09. The Morgan fingerprint density at radius 1 is 0.968 bits per heavy atom. The van der Waals surface area contributed by atoms with Crippen LogP contribution in [0.3, 0.4) is 0 Å². The molecule has 0 radical (unpaired) electrons. The van der Waals surface area contributed by atoms with E-state index in [1.807, 2.05) is 30.6 Å². The van der Waals surface area contributed by atoms with Gasteiger partial charge in [0.1, 0.15) is 11.9 Å². The molecule has 5 heteroatoms. The Morgan fingerprint density at radius 3 is 2.58 bits per heavy atom. The van der Waals surface area contributed by atoms with Crippen molar-refractivity contribution in [1.82, 2.24) is 4.98 Å². The number of pyridine rings is 1. The SMILES string of the molecule is C=C1CC(C2=C3C=NC=C[N+]3(N)C(c3ccc4ccc(-c5ccccc5)nc4c3)=N2)C1. The number of quaternary nitrogens is 1. The van der Waals surface area contributed by atoms with E-state index < -0.39 is 0 Å². The van der Waals surface area contributed by atoms with E-state index in [0.29, 0.717) is 5.92 Å². The van der Waals surface area contributed by atoms with Crippen molar-refractivity contribution in [3.8, 4) is 11.3 Å². The molecule has 1 saturated carbocycles. The number of benzene rings is 2. The lowest BCUT2D eigenvalue weighted by Gasteiger charge is -2.29. The van der Waals surface area contributed by atoms with Crippen molar-refractivity contribution >= 4 is 23.0 Å². The maximum atomic E-state index is 6.88. The lowest BCUT2D eigenvalue weighted by Crippen LogP contribution is -2.53. The fourth-order valence-electron chi connectivity index (χ4n) is 4.56. The highest BCUT2D eigenvalue weighted by Gasteiger charge is 2.47. The summed E-state index contributed by atoms with van der Waals surface area (Å²) in [6.45, 7) is 4.08. The molecule has 2 aromatic carbocycles. The second-order valence-corrected chi connectivity index (χ2v) is 8.38.